The molecule has 0 unspecified atom stereocenters. The fourth-order valence-electron chi connectivity index (χ4n) is 5.92. The SMILES string of the molecule is O=S(=O)([O-])c1cc(Nc2nc(Nc3ccccc3)nc(N(CCO)CCO)n2)ccc1/C=C/c1ccc(Nc2nc(Nc3ccccc3)nc(N(CCO)CCO)n2)cc1SOO[O-]. The Morgan fingerprint density at radius 2 is 0.969 bits per heavy atom. The minimum absolute atomic E-state index is 0.0194. The monoisotopic (exact) mass is 914 g/mol. The van der Waals surface area contributed by atoms with Crippen molar-refractivity contribution in [2.24, 2.45) is 0 Å². The molecular formula is C40H42N12O10S2-2. The van der Waals surface area contributed by atoms with E-state index in [-0.39, 0.29) is 99.5 Å². The summed E-state index contributed by atoms with van der Waals surface area (Å²) >= 11 is 0.556. The number of nitrogens with zero attached hydrogens (tertiary/aromatic N) is 8. The predicted octanol–water partition coefficient (Wildman–Crippen LogP) is 2.92. The Hall–Kier alpha value is -6.58. The molecule has 2 aromatic heterocycles. The number of rotatable bonds is 24. The quantitative estimate of drug-likeness (QED) is 0.0142. The molecular weight excluding hydrogens is 873 g/mol. The predicted molar refractivity (Wildman–Crippen MR) is 236 cm³/mol. The van der Waals surface area contributed by atoms with Gasteiger partial charge in [0, 0.05) is 53.8 Å². The van der Waals surface area contributed by atoms with Crippen molar-refractivity contribution in [1.82, 2.24) is 29.9 Å². The van der Waals surface area contributed by atoms with Crippen molar-refractivity contribution in [3.8, 4) is 0 Å². The average Bonchev–Trinajstić information content (AvgIpc) is 3.28. The van der Waals surface area contributed by atoms with Gasteiger partial charge < -0.3 is 61.3 Å². The van der Waals surface area contributed by atoms with Crippen LogP contribution in [-0.2, 0) is 19.5 Å². The number of nitrogens with one attached hydrogen (secondary N) is 4. The molecule has 0 fully saturated rings. The van der Waals surface area contributed by atoms with E-state index >= 15 is 0 Å². The van der Waals surface area contributed by atoms with Crippen molar-refractivity contribution < 1.29 is 48.0 Å². The molecule has 0 aliphatic carbocycles. The van der Waals surface area contributed by atoms with Crippen molar-refractivity contribution >= 4 is 92.8 Å². The normalized spacial score (nSPS) is 11.4. The minimum Gasteiger partial charge on any atom is -0.744 e. The number of hydrogen-bond acceptors (Lipinski definition) is 23. The van der Waals surface area contributed by atoms with E-state index < -0.39 is 15.0 Å². The van der Waals surface area contributed by atoms with E-state index in [1.165, 1.54) is 29.2 Å². The van der Waals surface area contributed by atoms with Crippen LogP contribution in [0.3, 0.4) is 0 Å². The second-order valence-corrected chi connectivity index (χ2v) is 15.3. The number of aliphatic hydroxyl groups excluding tert-OH is 4. The van der Waals surface area contributed by atoms with Gasteiger partial charge in [0.25, 0.3) is 0 Å². The maximum absolute atomic E-state index is 12.7. The molecule has 0 saturated heterocycles. The Kier molecular flexibility index (Phi) is 17.0. The van der Waals surface area contributed by atoms with Crippen LogP contribution in [0.25, 0.3) is 12.2 Å². The molecule has 0 amide bonds. The molecule has 24 heteroatoms. The van der Waals surface area contributed by atoms with Crippen LogP contribution >= 0.6 is 12.0 Å². The van der Waals surface area contributed by atoms with Crippen molar-refractivity contribution in [2.75, 3.05) is 83.7 Å². The van der Waals surface area contributed by atoms with Crippen LogP contribution in [0.4, 0.5) is 58.4 Å². The lowest BCUT2D eigenvalue weighted by molar-refractivity contribution is -0.777. The van der Waals surface area contributed by atoms with E-state index in [1.807, 2.05) is 36.4 Å². The van der Waals surface area contributed by atoms with Crippen molar-refractivity contribution in [3.05, 3.63) is 108 Å². The van der Waals surface area contributed by atoms with Gasteiger partial charge in [-0.1, -0.05) is 60.7 Å². The Morgan fingerprint density at radius 1 is 0.562 bits per heavy atom. The number of aromatic nitrogens is 6. The molecule has 22 nitrogen and oxygen atoms in total. The van der Waals surface area contributed by atoms with Crippen LogP contribution in [0.2, 0.25) is 0 Å². The number of anilines is 10. The third-order valence-corrected chi connectivity index (χ3v) is 10.3. The largest absolute Gasteiger partial charge is 0.744 e. The van der Waals surface area contributed by atoms with Gasteiger partial charge in [-0.2, -0.15) is 34.2 Å². The summed E-state index contributed by atoms with van der Waals surface area (Å²) in [5.41, 5.74) is 2.32. The van der Waals surface area contributed by atoms with Gasteiger partial charge in [-0.05, 0) is 59.7 Å². The lowest BCUT2D eigenvalue weighted by Crippen LogP contribution is -2.31. The zero-order valence-electron chi connectivity index (χ0n) is 33.7. The molecule has 0 aliphatic rings. The first-order valence-electron chi connectivity index (χ1n) is 19.3. The van der Waals surface area contributed by atoms with Crippen LogP contribution in [0.15, 0.2) is 107 Å². The summed E-state index contributed by atoms with van der Waals surface area (Å²) < 4.78 is 42.6. The summed E-state index contributed by atoms with van der Waals surface area (Å²) in [6.45, 7) is -0.543. The van der Waals surface area contributed by atoms with Gasteiger partial charge in [0.05, 0.1) is 43.4 Å². The van der Waals surface area contributed by atoms with Gasteiger partial charge in [-0.15, -0.1) is 0 Å². The average molecular weight is 915 g/mol. The molecule has 0 saturated carbocycles. The van der Waals surface area contributed by atoms with Crippen molar-refractivity contribution in [3.63, 3.8) is 0 Å². The van der Waals surface area contributed by atoms with E-state index in [0.29, 0.717) is 39.6 Å². The van der Waals surface area contributed by atoms with Crippen LogP contribution in [-0.4, -0.2) is 116 Å². The lowest BCUT2D eigenvalue weighted by atomic mass is 10.1. The Bertz CT molecular complexity index is 2570. The lowest BCUT2D eigenvalue weighted by Gasteiger charge is -2.21. The first-order valence-corrected chi connectivity index (χ1v) is 21.4. The highest BCUT2D eigenvalue weighted by molar-refractivity contribution is 7.94. The summed E-state index contributed by atoms with van der Waals surface area (Å²) in [4.78, 5) is 29.5. The van der Waals surface area contributed by atoms with E-state index in [2.05, 4.69) is 60.5 Å². The van der Waals surface area contributed by atoms with Gasteiger partial charge >= 0.3 is 0 Å². The third-order valence-electron chi connectivity index (χ3n) is 8.76. The first kappa shape index (κ1) is 46.9. The molecule has 0 spiro atoms. The molecule has 64 heavy (non-hydrogen) atoms. The standard InChI is InChI=1S/C40H44N12O10S2/c53-21-17-51(18-22-54)39-47-35(41-29-7-3-1-4-8-29)45-37(49-39)43-31-15-13-27(33(25-31)63-62-61-57)11-12-28-14-16-32(26-34(28)64(58,59)60)44-38-46-36(42-30-9-5-2-6-10-30)48-40(50-38)52(19-23-55)20-24-56/h1-16,25-26,53-57H,17-24H2,(H,58,59,60)(H2,41,43,45,47,49)(H2,42,44,46,48,50)/p-2/b12-11+. The highest BCUT2D eigenvalue weighted by Gasteiger charge is 2.17. The second kappa shape index (κ2) is 23.2. The zero-order valence-corrected chi connectivity index (χ0v) is 35.3. The number of aliphatic hydroxyl groups is 4. The van der Waals surface area contributed by atoms with Crippen LogP contribution < -0.4 is 36.3 Å². The number of para-hydroxylation sites is 2. The minimum atomic E-state index is -5.07. The highest BCUT2D eigenvalue weighted by Crippen LogP contribution is 2.32. The fraction of sp³-hybridized carbons (Fsp3) is 0.200. The number of benzene rings is 4. The summed E-state index contributed by atoms with van der Waals surface area (Å²) in [6.07, 6.45) is 2.89. The van der Waals surface area contributed by atoms with Crippen LogP contribution in [0.5, 0.6) is 0 Å². The van der Waals surface area contributed by atoms with Crippen molar-refractivity contribution in [2.45, 2.75) is 9.79 Å². The molecule has 0 atom stereocenters. The molecule has 6 aromatic rings. The highest BCUT2D eigenvalue weighted by atomic mass is 32.2. The molecule has 8 N–H and O–H groups in total. The molecule has 336 valence electrons. The first-order chi connectivity index (χ1) is 31.1. The maximum atomic E-state index is 12.7. The topological polar surface area (TPSA) is 312 Å². The van der Waals surface area contributed by atoms with Gasteiger partial charge in [0.15, 0.2) is 0 Å². The summed E-state index contributed by atoms with van der Waals surface area (Å²) in [7, 11) is -5.07. The summed E-state index contributed by atoms with van der Waals surface area (Å²) in [5, 5.41) is 65.2. The second-order valence-electron chi connectivity index (χ2n) is 13.2. The molecule has 4 aromatic carbocycles. The zero-order chi connectivity index (χ0) is 45.3. The van der Waals surface area contributed by atoms with E-state index in [0.717, 1.165) is 6.07 Å². The molecule has 6 rings (SSSR count). The van der Waals surface area contributed by atoms with Crippen LogP contribution in [0, 0.1) is 0 Å². The molecule has 0 aliphatic heterocycles. The summed E-state index contributed by atoms with van der Waals surface area (Å²) in [5.74, 6) is 0.556. The summed E-state index contributed by atoms with van der Waals surface area (Å²) in [6, 6.07) is 27.0. The van der Waals surface area contributed by atoms with Crippen LogP contribution in [0.1, 0.15) is 11.1 Å². The molecule has 0 bridgehead atoms. The van der Waals surface area contributed by atoms with E-state index in [9.17, 15) is 38.7 Å². The Balaban J connectivity index is 1.29. The molecule has 0 radical (unpaired) electrons. The maximum Gasteiger partial charge on any atom is 0.233 e. The number of hydrogen-bond donors (Lipinski definition) is 8. The van der Waals surface area contributed by atoms with Gasteiger partial charge in [-0.3, -0.25) is 5.04 Å². The van der Waals surface area contributed by atoms with E-state index in [1.54, 1.807) is 47.4 Å². The van der Waals surface area contributed by atoms with Gasteiger partial charge in [0.2, 0.25) is 35.7 Å². The van der Waals surface area contributed by atoms with Crippen molar-refractivity contribution in [1.29, 1.82) is 0 Å². The third kappa shape index (κ3) is 13.5. The Labute approximate surface area is 371 Å². The Morgan fingerprint density at radius 3 is 1.39 bits per heavy atom. The van der Waals surface area contributed by atoms with E-state index in [4.69, 9.17) is 0 Å². The fourth-order valence-corrected chi connectivity index (χ4v) is 7.12. The van der Waals surface area contributed by atoms with Gasteiger partial charge in [0.1, 0.15) is 10.1 Å². The van der Waals surface area contributed by atoms with Gasteiger partial charge in [-0.25, -0.2) is 8.42 Å². The smallest absolute Gasteiger partial charge is 0.233 e. The molecule has 2 heterocycles.